The van der Waals surface area contributed by atoms with Crippen LogP contribution in [0.2, 0.25) is 0 Å². The van der Waals surface area contributed by atoms with E-state index in [-0.39, 0.29) is 11.5 Å². The van der Waals surface area contributed by atoms with Gasteiger partial charge in [-0.25, -0.2) is 13.2 Å². The molecule has 0 radical (unpaired) electrons. The standard InChI is InChI=1S/C19H21NO4S/c21-19(22)18-7-5-16(6-8-18)13-15-1-3-17(4-2-15)14-20-9-11-25(23,24)12-10-20/h1-8H,9-14H2,(H,21,22). The van der Waals surface area contributed by atoms with Crippen molar-refractivity contribution in [3.8, 4) is 0 Å². The Labute approximate surface area is 147 Å². The van der Waals surface area contributed by atoms with Gasteiger partial charge in [0.05, 0.1) is 17.1 Å². The van der Waals surface area contributed by atoms with Crippen molar-refractivity contribution in [2.75, 3.05) is 24.6 Å². The molecule has 3 rings (SSSR count). The van der Waals surface area contributed by atoms with E-state index in [1.54, 1.807) is 12.1 Å². The number of carboxylic acids is 1. The van der Waals surface area contributed by atoms with Gasteiger partial charge in [0.25, 0.3) is 0 Å². The molecule has 1 saturated heterocycles. The molecule has 6 heteroatoms. The smallest absolute Gasteiger partial charge is 0.335 e. The monoisotopic (exact) mass is 359 g/mol. The Morgan fingerprint density at radius 2 is 1.36 bits per heavy atom. The van der Waals surface area contributed by atoms with Gasteiger partial charge in [0.15, 0.2) is 9.84 Å². The van der Waals surface area contributed by atoms with E-state index in [1.165, 1.54) is 5.56 Å². The van der Waals surface area contributed by atoms with Gasteiger partial charge >= 0.3 is 5.97 Å². The third kappa shape index (κ3) is 4.90. The fourth-order valence-corrected chi connectivity index (χ4v) is 4.21. The summed E-state index contributed by atoms with van der Waals surface area (Å²) in [5.41, 5.74) is 3.69. The lowest BCUT2D eigenvalue weighted by molar-refractivity contribution is 0.0697. The number of rotatable bonds is 5. The van der Waals surface area contributed by atoms with Crippen LogP contribution >= 0.6 is 0 Å². The Kier molecular flexibility index (Phi) is 5.20. The lowest BCUT2D eigenvalue weighted by Gasteiger charge is -2.26. The summed E-state index contributed by atoms with van der Waals surface area (Å²) >= 11 is 0. The van der Waals surface area contributed by atoms with Crippen LogP contribution in [0, 0.1) is 0 Å². The molecule has 0 spiro atoms. The van der Waals surface area contributed by atoms with Crippen LogP contribution in [-0.2, 0) is 22.8 Å². The SMILES string of the molecule is O=C(O)c1ccc(Cc2ccc(CN3CCS(=O)(=O)CC3)cc2)cc1. The molecule has 1 heterocycles. The first-order valence-electron chi connectivity index (χ1n) is 8.24. The third-order valence-corrected chi connectivity index (χ3v) is 6.08. The van der Waals surface area contributed by atoms with Crippen molar-refractivity contribution in [3.63, 3.8) is 0 Å². The van der Waals surface area contributed by atoms with Gasteiger partial charge in [-0.05, 0) is 35.2 Å². The summed E-state index contributed by atoms with van der Waals surface area (Å²) in [4.78, 5) is 13.0. The van der Waals surface area contributed by atoms with Gasteiger partial charge in [-0.1, -0.05) is 36.4 Å². The first kappa shape index (κ1) is 17.6. The van der Waals surface area contributed by atoms with Gasteiger partial charge in [-0.3, -0.25) is 4.90 Å². The molecular formula is C19H21NO4S. The van der Waals surface area contributed by atoms with E-state index in [2.05, 4.69) is 29.2 Å². The number of sulfone groups is 1. The van der Waals surface area contributed by atoms with Crippen LogP contribution < -0.4 is 0 Å². The minimum Gasteiger partial charge on any atom is -0.478 e. The van der Waals surface area contributed by atoms with Crippen molar-refractivity contribution in [2.24, 2.45) is 0 Å². The highest BCUT2D eigenvalue weighted by atomic mass is 32.2. The molecule has 1 fully saturated rings. The van der Waals surface area contributed by atoms with Crippen LogP contribution in [0.3, 0.4) is 0 Å². The van der Waals surface area contributed by atoms with E-state index >= 15 is 0 Å². The number of benzene rings is 2. The minimum absolute atomic E-state index is 0.247. The zero-order valence-corrected chi connectivity index (χ0v) is 14.7. The molecule has 0 amide bonds. The minimum atomic E-state index is -2.84. The van der Waals surface area contributed by atoms with E-state index in [4.69, 9.17) is 5.11 Å². The third-order valence-electron chi connectivity index (χ3n) is 4.48. The van der Waals surface area contributed by atoms with E-state index in [0.717, 1.165) is 24.1 Å². The second-order valence-electron chi connectivity index (χ2n) is 6.42. The quantitative estimate of drug-likeness (QED) is 0.886. The van der Waals surface area contributed by atoms with Crippen LogP contribution in [0.25, 0.3) is 0 Å². The number of hydrogen-bond donors (Lipinski definition) is 1. The first-order valence-corrected chi connectivity index (χ1v) is 10.1. The van der Waals surface area contributed by atoms with Crippen molar-refractivity contribution in [3.05, 3.63) is 70.8 Å². The van der Waals surface area contributed by atoms with E-state index in [9.17, 15) is 13.2 Å². The zero-order chi connectivity index (χ0) is 17.9. The van der Waals surface area contributed by atoms with Crippen LogP contribution in [0.1, 0.15) is 27.0 Å². The highest BCUT2D eigenvalue weighted by Gasteiger charge is 2.21. The Morgan fingerprint density at radius 1 is 0.880 bits per heavy atom. The molecule has 132 valence electrons. The average Bonchev–Trinajstić information content (AvgIpc) is 2.59. The highest BCUT2D eigenvalue weighted by Crippen LogP contribution is 2.14. The molecule has 1 aliphatic heterocycles. The summed E-state index contributed by atoms with van der Waals surface area (Å²) in [6.45, 7) is 1.96. The molecule has 25 heavy (non-hydrogen) atoms. The molecule has 2 aromatic rings. The summed E-state index contributed by atoms with van der Waals surface area (Å²) in [6, 6.07) is 15.2. The number of nitrogens with zero attached hydrogens (tertiary/aromatic N) is 1. The maximum absolute atomic E-state index is 11.5. The lowest BCUT2D eigenvalue weighted by atomic mass is 10.0. The molecule has 0 saturated carbocycles. The predicted octanol–water partition coefficient (Wildman–Crippen LogP) is 2.21. The summed E-state index contributed by atoms with van der Waals surface area (Å²) in [5.74, 6) is -0.420. The van der Waals surface area contributed by atoms with Gasteiger partial charge < -0.3 is 5.11 Å². The summed E-state index contributed by atoms with van der Waals surface area (Å²) in [5, 5.41) is 8.92. The summed E-state index contributed by atoms with van der Waals surface area (Å²) < 4.78 is 22.9. The fraction of sp³-hybridized carbons (Fsp3) is 0.316. The average molecular weight is 359 g/mol. The molecule has 1 N–H and O–H groups in total. The van der Waals surface area contributed by atoms with Gasteiger partial charge in [-0.2, -0.15) is 0 Å². The first-order chi connectivity index (χ1) is 11.9. The highest BCUT2D eigenvalue weighted by molar-refractivity contribution is 7.91. The molecular weight excluding hydrogens is 338 g/mol. The molecule has 0 aromatic heterocycles. The van der Waals surface area contributed by atoms with Crippen molar-refractivity contribution in [2.45, 2.75) is 13.0 Å². The van der Waals surface area contributed by atoms with Gasteiger partial charge in [-0.15, -0.1) is 0 Å². The molecule has 0 aliphatic carbocycles. The van der Waals surface area contributed by atoms with E-state index < -0.39 is 15.8 Å². The molecule has 0 atom stereocenters. The molecule has 1 aliphatic rings. The van der Waals surface area contributed by atoms with Crippen LogP contribution in [0.15, 0.2) is 48.5 Å². The van der Waals surface area contributed by atoms with Crippen molar-refractivity contribution < 1.29 is 18.3 Å². The topological polar surface area (TPSA) is 74.7 Å². The number of aromatic carboxylic acids is 1. The van der Waals surface area contributed by atoms with Crippen LogP contribution in [0.5, 0.6) is 0 Å². The Morgan fingerprint density at radius 3 is 1.88 bits per heavy atom. The molecule has 0 bridgehead atoms. The van der Waals surface area contributed by atoms with Gasteiger partial charge in [0, 0.05) is 19.6 Å². The number of carboxylic acid groups (broad SMARTS) is 1. The van der Waals surface area contributed by atoms with Crippen molar-refractivity contribution >= 4 is 15.8 Å². The van der Waals surface area contributed by atoms with Crippen molar-refractivity contribution in [1.82, 2.24) is 4.90 Å². The van der Waals surface area contributed by atoms with Crippen LogP contribution in [-0.4, -0.2) is 49.0 Å². The van der Waals surface area contributed by atoms with E-state index in [1.807, 2.05) is 12.1 Å². The van der Waals surface area contributed by atoms with Crippen LogP contribution in [0.4, 0.5) is 0 Å². The largest absolute Gasteiger partial charge is 0.478 e. The molecule has 5 nitrogen and oxygen atoms in total. The molecule has 2 aromatic carbocycles. The maximum Gasteiger partial charge on any atom is 0.335 e. The predicted molar refractivity (Wildman–Crippen MR) is 96.6 cm³/mol. The zero-order valence-electron chi connectivity index (χ0n) is 13.9. The number of carbonyl (C=O) groups is 1. The fourth-order valence-electron chi connectivity index (χ4n) is 2.93. The molecule has 0 unspecified atom stereocenters. The normalized spacial score (nSPS) is 17.3. The summed E-state index contributed by atoms with van der Waals surface area (Å²) in [7, 11) is -2.84. The Balaban J connectivity index is 1.58. The Hall–Kier alpha value is -2.18. The number of hydrogen-bond acceptors (Lipinski definition) is 4. The lowest BCUT2D eigenvalue weighted by Crippen LogP contribution is -2.39. The Bertz CT molecular complexity index is 828. The second-order valence-corrected chi connectivity index (χ2v) is 8.73. The maximum atomic E-state index is 11.5. The van der Waals surface area contributed by atoms with Gasteiger partial charge in [0.2, 0.25) is 0 Å². The summed E-state index contributed by atoms with van der Waals surface area (Å²) in [6.07, 6.45) is 0.752. The van der Waals surface area contributed by atoms with Crippen molar-refractivity contribution in [1.29, 1.82) is 0 Å². The van der Waals surface area contributed by atoms with E-state index in [0.29, 0.717) is 18.7 Å². The second kappa shape index (κ2) is 7.37. The van der Waals surface area contributed by atoms with Gasteiger partial charge in [0.1, 0.15) is 0 Å².